The minimum atomic E-state index is -0.862. The molecule has 0 atom stereocenters. The SMILES string of the molecule is CC(C)(C)O.COc1c(Cl)cccc1-c1cnc(C)c(CC(=O)O)c1N1CCC(C)(C)CC1. The van der Waals surface area contributed by atoms with Crippen LogP contribution in [0.15, 0.2) is 24.4 Å². The highest BCUT2D eigenvalue weighted by atomic mass is 35.5. The molecule has 1 aromatic carbocycles. The number of carbonyl (C=O) groups is 1. The zero-order chi connectivity index (χ0) is 25.0. The van der Waals surface area contributed by atoms with Crippen molar-refractivity contribution >= 4 is 23.3 Å². The highest BCUT2D eigenvalue weighted by molar-refractivity contribution is 6.32. The molecule has 6 nitrogen and oxygen atoms in total. The van der Waals surface area contributed by atoms with Crippen molar-refractivity contribution in [2.75, 3.05) is 25.1 Å². The summed E-state index contributed by atoms with van der Waals surface area (Å²) >= 11 is 6.36. The molecular formula is C26H37ClN2O4. The summed E-state index contributed by atoms with van der Waals surface area (Å²) in [6, 6.07) is 5.60. The molecule has 1 fully saturated rings. The Morgan fingerprint density at radius 2 is 1.79 bits per heavy atom. The summed E-state index contributed by atoms with van der Waals surface area (Å²) in [5, 5.41) is 18.6. The zero-order valence-corrected chi connectivity index (χ0v) is 21.6. The van der Waals surface area contributed by atoms with E-state index in [1.54, 1.807) is 33.9 Å². The van der Waals surface area contributed by atoms with E-state index in [4.69, 9.17) is 21.4 Å². The molecule has 1 aliphatic rings. The van der Waals surface area contributed by atoms with Gasteiger partial charge < -0.3 is 19.8 Å². The Balaban J connectivity index is 0.000000696. The van der Waals surface area contributed by atoms with Gasteiger partial charge in [-0.2, -0.15) is 0 Å². The number of hydrogen-bond donors (Lipinski definition) is 2. The van der Waals surface area contributed by atoms with Gasteiger partial charge in [0.1, 0.15) is 5.75 Å². The molecule has 2 heterocycles. The van der Waals surface area contributed by atoms with E-state index >= 15 is 0 Å². The maximum atomic E-state index is 11.6. The first-order chi connectivity index (χ1) is 15.2. The normalized spacial score (nSPS) is 15.5. The van der Waals surface area contributed by atoms with Crippen molar-refractivity contribution in [3.05, 3.63) is 40.7 Å². The second kappa shape index (κ2) is 10.7. The third-order valence-electron chi connectivity index (χ3n) is 5.59. The summed E-state index contributed by atoms with van der Waals surface area (Å²) in [5.74, 6) is -0.284. The van der Waals surface area contributed by atoms with Gasteiger partial charge in [0.05, 0.1) is 29.8 Å². The van der Waals surface area contributed by atoms with Crippen LogP contribution in [0.25, 0.3) is 11.1 Å². The molecule has 2 aromatic rings. The average molecular weight is 477 g/mol. The largest absolute Gasteiger partial charge is 0.495 e. The summed E-state index contributed by atoms with van der Waals surface area (Å²) in [6.45, 7) is 13.4. The van der Waals surface area contributed by atoms with E-state index in [0.29, 0.717) is 16.2 Å². The fourth-order valence-electron chi connectivity index (χ4n) is 3.82. The van der Waals surface area contributed by atoms with E-state index in [2.05, 4.69) is 23.7 Å². The number of benzene rings is 1. The predicted octanol–water partition coefficient (Wildman–Crippen LogP) is 5.75. The van der Waals surface area contributed by atoms with Gasteiger partial charge in [0, 0.05) is 41.7 Å². The average Bonchev–Trinajstić information content (AvgIpc) is 2.68. The van der Waals surface area contributed by atoms with Crippen molar-refractivity contribution in [1.82, 2.24) is 4.98 Å². The van der Waals surface area contributed by atoms with Gasteiger partial charge in [-0.15, -0.1) is 0 Å². The highest BCUT2D eigenvalue weighted by Crippen LogP contribution is 2.44. The molecule has 0 bridgehead atoms. The molecule has 0 radical (unpaired) electrons. The lowest BCUT2D eigenvalue weighted by atomic mass is 9.82. The van der Waals surface area contributed by atoms with Crippen molar-refractivity contribution in [2.45, 2.75) is 66.4 Å². The highest BCUT2D eigenvalue weighted by Gasteiger charge is 2.30. The molecule has 0 aliphatic carbocycles. The Morgan fingerprint density at radius 3 is 2.30 bits per heavy atom. The van der Waals surface area contributed by atoms with Crippen molar-refractivity contribution in [3.63, 3.8) is 0 Å². The van der Waals surface area contributed by atoms with Gasteiger partial charge in [0.25, 0.3) is 0 Å². The van der Waals surface area contributed by atoms with E-state index in [0.717, 1.165) is 54.0 Å². The molecule has 7 heteroatoms. The molecule has 33 heavy (non-hydrogen) atoms. The number of hydrogen-bond acceptors (Lipinski definition) is 5. The number of piperidine rings is 1. The summed E-state index contributed by atoms with van der Waals surface area (Å²) in [4.78, 5) is 18.4. The second-order valence-corrected chi connectivity index (χ2v) is 10.7. The number of methoxy groups -OCH3 is 1. The molecule has 0 saturated carbocycles. The number of rotatable bonds is 5. The minimum Gasteiger partial charge on any atom is -0.495 e. The zero-order valence-electron chi connectivity index (χ0n) is 20.8. The molecule has 3 rings (SSSR count). The third-order valence-corrected chi connectivity index (χ3v) is 5.89. The summed E-state index contributed by atoms with van der Waals surface area (Å²) < 4.78 is 5.56. The van der Waals surface area contributed by atoms with Crippen LogP contribution in [0.1, 0.15) is 58.7 Å². The molecule has 182 valence electrons. The fraction of sp³-hybridized carbons (Fsp3) is 0.538. The quantitative estimate of drug-likeness (QED) is 0.571. The topological polar surface area (TPSA) is 82.9 Å². The second-order valence-electron chi connectivity index (χ2n) is 10.3. The Labute approximate surface area is 202 Å². The first kappa shape index (κ1) is 26.9. The van der Waals surface area contributed by atoms with Crippen LogP contribution in [0.3, 0.4) is 0 Å². The fourth-order valence-corrected chi connectivity index (χ4v) is 4.07. The first-order valence-corrected chi connectivity index (χ1v) is 11.6. The minimum absolute atomic E-state index is 0.0647. The van der Waals surface area contributed by atoms with E-state index in [9.17, 15) is 9.90 Å². The number of carboxylic acid groups (broad SMARTS) is 1. The van der Waals surface area contributed by atoms with E-state index in [1.165, 1.54) is 0 Å². The van der Waals surface area contributed by atoms with E-state index in [-0.39, 0.29) is 6.42 Å². The van der Waals surface area contributed by atoms with Crippen molar-refractivity contribution in [2.24, 2.45) is 5.41 Å². The molecule has 0 unspecified atom stereocenters. The van der Waals surface area contributed by atoms with Crippen molar-refractivity contribution < 1.29 is 19.7 Å². The number of aryl methyl sites for hydroxylation is 1. The van der Waals surface area contributed by atoms with Crippen LogP contribution in [0, 0.1) is 12.3 Å². The van der Waals surface area contributed by atoms with Gasteiger partial charge in [0.15, 0.2) is 0 Å². The lowest BCUT2D eigenvalue weighted by Crippen LogP contribution is -2.38. The van der Waals surface area contributed by atoms with E-state index < -0.39 is 11.6 Å². The van der Waals surface area contributed by atoms with Crippen LogP contribution in [-0.4, -0.2) is 47.0 Å². The third kappa shape index (κ3) is 7.61. The lowest BCUT2D eigenvalue weighted by Gasteiger charge is -2.40. The van der Waals surface area contributed by atoms with Gasteiger partial charge in [-0.05, 0) is 52.0 Å². The van der Waals surface area contributed by atoms with Gasteiger partial charge in [-0.1, -0.05) is 37.6 Å². The first-order valence-electron chi connectivity index (χ1n) is 11.2. The number of para-hydroxylation sites is 1. The number of pyridine rings is 1. The molecule has 0 spiro atoms. The van der Waals surface area contributed by atoms with Crippen molar-refractivity contribution in [3.8, 4) is 16.9 Å². The number of aliphatic hydroxyl groups is 1. The van der Waals surface area contributed by atoms with Crippen LogP contribution in [0.4, 0.5) is 5.69 Å². The smallest absolute Gasteiger partial charge is 0.307 e. The molecular weight excluding hydrogens is 440 g/mol. The summed E-state index contributed by atoms with van der Waals surface area (Å²) in [7, 11) is 1.59. The Kier molecular flexibility index (Phi) is 8.77. The van der Waals surface area contributed by atoms with E-state index in [1.807, 2.05) is 25.3 Å². The monoisotopic (exact) mass is 476 g/mol. The maximum Gasteiger partial charge on any atom is 0.307 e. The van der Waals surface area contributed by atoms with Crippen molar-refractivity contribution in [1.29, 1.82) is 0 Å². The number of halogens is 1. The summed E-state index contributed by atoms with van der Waals surface area (Å²) in [6.07, 6.45) is 3.84. The number of ether oxygens (including phenoxy) is 1. The van der Waals surface area contributed by atoms with Crippen LogP contribution >= 0.6 is 11.6 Å². The van der Waals surface area contributed by atoms with Crippen LogP contribution in [0.2, 0.25) is 5.02 Å². The van der Waals surface area contributed by atoms with Gasteiger partial charge in [-0.25, -0.2) is 0 Å². The number of nitrogens with zero attached hydrogens (tertiary/aromatic N) is 2. The molecule has 2 N–H and O–H groups in total. The maximum absolute atomic E-state index is 11.6. The number of aliphatic carboxylic acids is 1. The molecule has 0 amide bonds. The number of carboxylic acids is 1. The number of anilines is 1. The van der Waals surface area contributed by atoms with Crippen LogP contribution in [-0.2, 0) is 11.2 Å². The Morgan fingerprint density at radius 1 is 1.21 bits per heavy atom. The Bertz CT molecular complexity index is 967. The predicted molar refractivity (Wildman–Crippen MR) is 135 cm³/mol. The van der Waals surface area contributed by atoms with Gasteiger partial charge >= 0.3 is 5.97 Å². The molecule has 1 aliphatic heterocycles. The number of aromatic nitrogens is 1. The van der Waals surface area contributed by atoms with Crippen LogP contribution < -0.4 is 9.64 Å². The standard InChI is InChI=1S/C22H27ClN2O3.C4H10O/c1-14-16(12-19(26)27)20(25-10-8-22(2,3)9-11-25)17(13-24-14)15-6-5-7-18(23)21(15)28-4;1-4(2,3)5/h5-7,13H,8-12H2,1-4H3,(H,26,27);5H,1-3H3. The lowest BCUT2D eigenvalue weighted by molar-refractivity contribution is -0.136. The molecule has 1 aromatic heterocycles. The van der Waals surface area contributed by atoms with Gasteiger partial charge in [0.2, 0.25) is 0 Å². The van der Waals surface area contributed by atoms with Crippen LogP contribution in [0.5, 0.6) is 5.75 Å². The van der Waals surface area contributed by atoms with Gasteiger partial charge in [-0.3, -0.25) is 9.78 Å². The molecule has 1 saturated heterocycles. The Hall–Kier alpha value is -2.31. The summed E-state index contributed by atoms with van der Waals surface area (Å²) in [5.41, 5.74) is 3.92.